The fourth-order valence-corrected chi connectivity index (χ4v) is 7.44. The van der Waals surface area contributed by atoms with Crippen LogP contribution in [-0.4, -0.2) is 104 Å². The molecule has 2 fully saturated rings. The Hall–Kier alpha value is -0.630. The highest BCUT2D eigenvalue weighted by molar-refractivity contribution is 7.87. The van der Waals surface area contributed by atoms with E-state index in [1.807, 2.05) is 69.2 Å². The van der Waals surface area contributed by atoms with Gasteiger partial charge in [-0.05, 0) is 38.5 Å². The molecule has 14 heteroatoms. The van der Waals surface area contributed by atoms with Crippen LogP contribution in [0.1, 0.15) is 69.2 Å². The number of carbonyl (C=O) groups excluding carboxylic acids is 1. The van der Waals surface area contributed by atoms with Crippen LogP contribution >= 0.6 is 12.4 Å². The molecule has 2 aliphatic rings. The summed E-state index contributed by atoms with van der Waals surface area (Å²) < 4.78 is 54.9. The lowest BCUT2D eigenvalue weighted by Gasteiger charge is -2.30. The molecule has 37 heavy (non-hydrogen) atoms. The third-order valence-corrected chi connectivity index (χ3v) is 11.0. The first kappa shape index (κ1) is 36.4. The van der Waals surface area contributed by atoms with Crippen molar-refractivity contribution in [2.24, 2.45) is 21.6 Å². The molecule has 2 aliphatic heterocycles. The number of aliphatic imine (C=N–C) groups is 1. The van der Waals surface area contributed by atoms with Crippen molar-refractivity contribution in [1.29, 1.82) is 0 Å². The first-order valence-electron chi connectivity index (χ1n) is 12.5. The molecule has 220 valence electrons. The molecule has 0 aliphatic carbocycles. The van der Waals surface area contributed by atoms with Crippen molar-refractivity contribution in [3.8, 4) is 0 Å². The number of nitrogens with zero attached hydrogens (tertiary/aromatic N) is 5. The van der Waals surface area contributed by atoms with Crippen molar-refractivity contribution in [2.75, 3.05) is 39.3 Å². The molecule has 2 saturated heterocycles. The Kier molecular flexibility index (Phi) is 13.4. The van der Waals surface area contributed by atoms with Crippen molar-refractivity contribution in [2.45, 2.75) is 93.4 Å². The molecular formula is C23H49ClN6O5S2. The summed E-state index contributed by atoms with van der Waals surface area (Å²) in [6.45, 7) is 22.0. The minimum Gasteiger partial charge on any atom is -0.326 e. The summed E-state index contributed by atoms with van der Waals surface area (Å²) >= 11 is 0. The highest BCUT2D eigenvalue weighted by Gasteiger charge is 2.41. The van der Waals surface area contributed by atoms with E-state index in [-0.39, 0.29) is 53.9 Å². The number of hydrogen-bond acceptors (Lipinski definition) is 7. The van der Waals surface area contributed by atoms with E-state index in [0.717, 1.165) is 0 Å². The number of nitrogens with two attached hydrogens (primary N) is 1. The largest absolute Gasteiger partial charge is 0.326 e. The second-order valence-electron chi connectivity index (χ2n) is 12.2. The van der Waals surface area contributed by atoms with Crippen LogP contribution in [0.3, 0.4) is 0 Å². The van der Waals surface area contributed by atoms with Crippen LogP contribution in [0.2, 0.25) is 0 Å². The van der Waals surface area contributed by atoms with Gasteiger partial charge in [-0.15, -0.1) is 12.4 Å². The number of halogens is 1. The maximum atomic E-state index is 12.3. The van der Waals surface area contributed by atoms with E-state index in [0.29, 0.717) is 32.7 Å². The van der Waals surface area contributed by atoms with E-state index >= 15 is 0 Å². The van der Waals surface area contributed by atoms with Gasteiger partial charge in [-0.25, -0.2) is 9.79 Å². The highest BCUT2D eigenvalue weighted by atomic mass is 35.5. The molecule has 2 rings (SSSR count). The topological polar surface area (TPSA) is 137 Å². The lowest BCUT2D eigenvalue weighted by atomic mass is 9.87. The molecule has 2 atom stereocenters. The molecule has 0 aromatic carbocycles. The van der Waals surface area contributed by atoms with Crippen molar-refractivity contribution >= 4 is 38.9 Å². The Morgan fingerprint density at radius 1 is 0.757 bits per heavy atom. The van der Waals surface area contributed by atoms with E-state index in [1.54, 1.807) is 6.08 Å². The van der Waals surface area contributed by atoms with Crippen LogP contribution in [-0.2, 0) is 25.2 Å². The molecule has 11 nitrogen and oxygen atoms in total. The summed E-state index contributed by atoms with van der Waals surface area (Å²) in [4.78, 5) is 14.3. The average molecular weight is 589 g/mol. The van der Waals surface area contributed by atoms with Gasteiger partial charge in [0.25, 0.3) is 20.4 Å². The monoisotopic (exact) mass is 588 g/mol. The zero-order chi connectivity index (χ0) is 28.3. The van der Waals surface area contributed by atoms with Crippen LogP contribution in [0.25, 0.3) is 0 Å². The van der Waals surface area contributed by atoms with Gasteiger partial charge in [-0.2, -0.15) is 34.1 Å². The minimum atomic E-state index is -3.42. The van der Waals surface area contributed by atoms with E-state index < -0.39 is 20.4 Å². The summed E-state index contributed by atoms with van der Waals surface area (Å²) in [5.74, 6) is 0. The lowest BCUT2D eigenvalue weighted by Crippen LogP contribution is -2.47. The fraction of sp³-hybridized carbons (Fsp3) is 0.957. The van der Waals surface area contributed by atoms with E-state index in [2.05, 4.69) is 4.99 Å². The molecule has 0 aromatic rings. The molecule has 0 unspecified atom stereocenters. The smallest absolute Gasteiger partial charge is 0.282 e. The van der Waals surface area contributed by atoms with Gasteiger partial charge in [0, 0.05) is 57.4 Å². The van der Waals surface area contributed by atoms with Gasteiger partial charge in [0.2, 0.25) is 6.08 Å². The minimum absolute atomic E-state index is 0. The molecule has 0 radical (unpaired) electrons. The Morgan fingerprint density at radius 2 is 1.14 bits per heavy atom. The van der Waals surface area contributed by atoms with E-state index in [9.17, 15) is 21.6 Å². The Bertz CT molecular complexity index is 986. The zero-order valence-electron chi connectivity index (χ0n) is 24.1. The molecule has 0 spiro atoms. The van der Waals surface area contributed by atoms with Crippen molar-refractivity contribution in [3.05, 3.63) is 0 Å². The lowest BCUT2D eigenvalue weighted by molar-refractivity contribution is 0.272. The molecular weight excluding hydrogens is 540 g/mol. The summed E-state index contributed by atoms with van der Waals surface area (Å²) in [5, 5.41) is 0. The molecule has 0 bridgehead atoms. The summed E-state index contributed by atoms with van der Waals surface area (Å²) in [6, 6.07) is -0.579. The van der Waals surface area contributed by atoms with Gasteiger partial charge in [-0.1, -0.05) is 41.5 Å². The van der Waals surface area contributed by atoms with Crippen molar-refractivity contribution in [3.63, 3.8) is 0 Å². The number of hydrogen-bond donors (Lipinski definition) is 1. The molecule has 0 aromatic heterocycles. The molecule has 0 saturated carbocycles. The standard InChI is InChI=1S/C12H23N3O3S.C11H25N3O2S.ClH/c1-10(2)15-7-6-14(19(15,17)18)8-11(13-9-16)12(3,4)5;1-9(2)14-7-6-13(17(14,15)16)8-10(12)11(3,4)5;/h10-11H,6-8H2,1-5H3;9-10H,6-8,12H2,1-5H3;1H/t11-;10-;/m11./s1. The van der Waals surface area contributed by atoms with Crippen LogP contribution in [0, 0.1) is 10.8 Å². The van der Waals surface area contributed by atoms with Gasteiger partial charge in [0.1, 0.15) is 0 Å². The van der Waals surface area contributed by atoms with Gasteiger partial charge < -0.3 is 5.73 Å². The number of rotatable bonds is 7. The third kappa shape index (κ3) is 9.51. The van der Waals surface area contributed by atoms with Crippen LogP contribution in [0.15, 0.2) is 4.99 Å². The van der Waals surface area contributed by atoms with E-state index in [1.165, 1.54) is 17.2 Å². The quantitative estimate of drug-likeness (QED) is 0.357. The molecule has 2 N–H and O–H groups in total. The van der Waals surface area contributed by atoms with Crippen LogP contribution in [0.5, 0.6) is 0 Å². The summed E-state index contributed by atoms with van der Waals surface area (Å²) in [5.41, 5.74) is 5.69. The summed E-state index contributed by atoms with van der Waals surface area (Å²) in [6.07, 6.45) is 1.55. The van der Waals surface area contributed by atoms with E-state index in [4.69, 9.17) is 5.73 Å². The normalized spacial score (nSPS) is 22.7. The second-order valence-corrected chi connectivity index (χ2v) is 16.0. The predicted octanol–water partition coefficient (Wildman–Crippen LogP) is 2.06. The SMILES string of the molecule is CC(C)N1CCN(C[C@@H](N)C(C)(C)C)S1(=O)=O.CC(C)N1CCN(C[C@@H](N=C=O)C(C)(C)C)S1(=O)=O.Cl. The Labute approximate surface area is 231 Å². The fourth-order valence-electron chi connectivity index (χ4n) is 3.86. The van der Waals surface area contributed by atoms with Gasteiger partial charge in [0.15, 0.2) is 0 Å². The number of isocyanates is 1. The summed E-state index contributed by atoms with van der Waals surface area (Å²) in [7, 11) is -6.72. The van der Waals surface area contributed by atoms with Crippen LogP contribution in [0.4, 0.5) is 0 Å². The van der Waals surface area contributed by atoms with Crippen molar-refractivity contribution < 1.29 is 21.6 Å². The molecule has 2 heterocycles. The van der Waals surface area contributed by atoms with Gasteiger partial charge in [0.05, 0.1) is 6.04 Å². The van der Waals surface area contributed by atoms with Crippen molar-refractivity contribution in [1.82, 2.24) is 17.2 Å². The third-order valence-electron chi connectivity index (χ3n) is 6.63. The Morgan fingerprint density at radius 3 is 1.41 bits per heavy atom. The second kappa shape index (κ2) is 13.6. The predicted molar refractivity (Wildman–Crippen MR) is 151 cm³/mol. The van der Waals surface area contributed by atoms with Crippen LogP contribution < -0.4 is 5.73 Å². The van der Waals surface area contributed by atoms with Gasteiger partial charge in [-0.3, -0.25) is 0 Å². The molecule has 0 amide bonds. The highest BCUT2D eigenvalue weighted by Crippen LogP contribution is 2.27. The first-order valence-corrected chi connectivity index (χ1v) is 15.3. The average Bonchev–Trinajstić information content (AvgIpc) is 3.15. The Balaban J connectivity index is 0.000000686. The maximum Gasteiger partial charge on any atom is 0.282 e. The zero-order valence-corrected chi connectivity index (χ0v) is 26.6. The maximum absolute atomic E-state index is 12.3. The van der Waals surface area contributed by atoms with Gasteiger partial charge >= 0.3 is 0 Å². The first-order chi connectivity index (χ1) is 16.2.